The molecule has 4 nitrogen and oxygen atoms in total. The van der Waals surface area contributed by atoms with Gasteiger partial charge in [0.05, 0.1) is 11.0 Å². The van der Waals surface area contributed by atoms with Crippen molar-refractivity contribution >= 4 is 46.0 Å². The van der Waals surface area contributed by atoms with Crippen molar-refractivity contribution < 1.29 is 4.79 Å². The summed E-state index contributed by atoms with van der Waals surface area (Å²) >= 11 is 11.5. The Labute approximate surface area is 114 Å². The van der Waals surface area contributed by atoms with Gasteiger partial charge in [-0.15, -0.1) is 11.6 Å². The number of alkyl halides is 1. The zero-order valence-electron chi connectivity index (χ0n) is 9.49. The molecule has 2 rings (SSSR count). The number of benzene rings is 1. The maximum Gasteiger partial charge on any atom is 0.225 e. The number of hydrogen-bond acceptors (Lipinski definition) is 3. The van der Waals surface area contributed by atoms with Crippen LogP contribution >= 0.6 is 23.2 Å². The van der Waals surface area contributed by atoms with Crippen molar-refractivity contribution in [3.8, 4) is 0 Å². The Kier molecular flexibility index (Phi) is 4.33. The summed E-state index contributed by atoms with van der Waals surface area (Å²) in [5, 5.41) is 2.82. The van der Waals surface area contributed by atoms with Gasteiger partial charge in [0.1, 0.15) is 0 Å². The van der Waals surface area contributed by atoms with Crippen molar-refractivity contribution in [3.63, 3.8) is 0 Å². The summed E-state index contributed by atoms with van der Waals surface area (Å²) < 4.78 is 0. The SMILES string of the molecule is O=C(CCCCl)Nc1nc2ccccc2nc1Cl. The number of hydrogen-bond donors (Lipinski definition) is 1. The predicted molar refractivity (Wildman–Crippen MR) is 73.1 cm³/mol. The van der Waals surface area contributed by atoms with Crippen LogP contribution in [-0.2, 0) is 4.79 Å². The standard InChI is InChI=1S/C12H11Cl2N3O/c13-7-3-6-10(18)17-12-11(14)15-8-4-1-2-5-9(8)16-12/h1-2,4-5H,3,6-7H2,(H,16,17,18). The van der Waals surface area contributed by atoms with Crippen LogP contribution in [-0.4, -0.2) is 21.8 Å². The van der Waals surface area contributed by atoms with E-state index in [1.165, 1.54) is 0 Å². The molecule has 2 aromatic rings. The molecule has 94 valence electrons. The quantitative estimate of drug-likeness (QED) is 0.877. The molecule has 0 aliphatic rings. The van der Waals surface area contributed by atoms with Crippen molar-refractivity contribution in [1.82, 2.24) is 9.97 Å². The van der Waals surface area contributed by atoms with E-state index in [1.807, 2.05) is 24.3 Å². The van der Waals surface area contributed by atoms with Crippen LogP contribution in [0, 0.1) is 0 Å². The van der Waals surface area contributed by atoms with Crippen molar-refractivity contribution in [2.75, 3.05) is 11.2 Å². The summed E-state index contributed by atoms with van der Waals surface area (Å²) in [5.41, 5.74) is 1.39. The highest BCUT2D eigenvalue weighted by atomic mass is 35.5. The average molecular weight is 284 g/mol. The Morgan fingerprint density at radius 1 is 1.22 bits per heavy atom. The zero-order valence-corrected chi connectivity index (χ0v) is 11.0. The number of nitrogens with one attached hydrogen (secondary N) is 1. The first kappa shape index (κ1) is 13.1. The predicted octanol–water partition coefficient (Wildman–Crippen LogP) is 3.24. The molecule has 6 heteroatoms. The second-order valence-corrected chi connectivity index (χ2v) is 4.43. The summed E-state index contributed by atoms with van der Waals surface area (Å²) in [6.45, 7) is 0. The summed E-state index contributed by atoms with van der Waals surface area (Å²) in [6, 6.07) is 7.33. The molecule has 18 heavy (non-hydrogen) atoms. The van der Waals surface area contributed by atoms with Crippen LogP contribution in [0.15, 0.2) is 24.3 Å². The van der Waals surface area contributed by atoms with Crippen molar-refractivity contribution in [2.45, 2.75) is 12.8 Å². The van der Waals surface area contributed by atoms with Crippen LogP contribution in [0.2, 0.25) is 5.15 Å². The van der Waals surface area contributed by atoms with Crippen LogP contribution in [0.4, 0.5) is 5.82 Å². The number of rotatable bonds is 4. The van der Waals surface area contributed by atoms with Gasteiger partial charge in [-0.25, -0.2) is 9.97 Å². The van der Waals surface area contributed by atoms with E-state index < -0.39 is 0 Å². The van der Waals surface area contributed by atoms with Crippen LogP contribution < -0.4 is 5.32 Å². The minimum atomic E-state index is -0.165. The van der Waals surface area contributed by atoms with Crippen LogP contribution in [0.25, 0.3) is 11.0 Å². The van der Waals surface area contributed by atoms with Gasteiger partial charge in [-0.3, -0.25) is 4.79 Å². The number of para-hydroxylation sites is 2. The average Bonchev–Trinajstić information content (AvgIpc) is 2.37. The zero-order chi connectivity index (χ0) is 13.0. The van der Waals surface area contributed by atoms with Crippen molar-refractivity contribution in [2.24, 2.45) is 0 Å². The monoisotopic (exact) mass is 283 g/mol. The maximum absolute atomic E-state index is 11.6. The molecule has 0 atom stereocenters. The van der Waals surface area contributed by atoms with Gasteiger partial charge in [0.25, 0.3) is 0 Å². The van der Waals surface area contributed by atoms with Gasteiger partial charge in [-0.05, 0) is 18.6 Å². The molecule has 0 spiro atoms. The highest BCUT2D eigenvalue weighted by molar-refractivity contribution is 6.32. The Morgan fingerprint density at radius 2 is 1.89 bits per heavy atom. The summed E-state index contributed by atoms with van der Waals surface area (Å²) in [5.74, 6) is 0.571. The molecule has 1 aromatic carbocycles. The number of carbonyl (C=O) groups is 1. The molecule has 1 amide bonds. The lowest BCUT2D eigenvalue weighted by Gasteiger charge is -2.06. The van der Waals surface area contributed by atoms with E-state index in [0.29, 0.717) is 29.8 Å². The van der Waals surface area contributed by atoms with Gasteiger partial charge in [0.15, 0.2) is 11.0 Å². The second kappa shape index (κ2) is 5.98. The maximum atomic E-state index is 11.6. The summed E-state index contributed by atoms with van der Waals surface area (Å²) in [7, 11) is 0. The first-order valence-electron chi connectivity index (χ1n) is 5.49. The second-order valence-electron chi connectivity index (χ2n) is 3.69. The fourth-order valence-electron chi connectivity index (χ4n) is 1.48. The molecule has 0 saturated carbocycles. The van der Waals surface area contributed by atoms with E-state index in [2.05, 4.69) is 15.3 Å². The fraction of sp³-hybridized carbons (Fsp3) is 0.250. The number of anilines is 1. The molecule has 0 radical (unpaired) electrons. The highest BCUT2D eigenvalue weighted by Crippen LogP contribution is 2.21. The van der Waals surface area contributed by atoms with Gasteiger partial charge in [0, 0.05) is 12.3 Å². The molecule has 1 aromatic heterocycles. The first-order chi connectivity index (χ1) is 8.70. The number of amides is 1. The van der Waals surface area contributed by atoms with E-state index in [4.69, 9.17) is 23.2 Å². The topological polar surface area (TPSA) is 54.9 Å². The largest absolute Gasteiger partial charge is 0.308 e. The third-order valence-corrected chi connectivity index (χ3v) is 2.85. The van der Waals surface area contributed by atoms with E-state index in [0.717, 1.165) is 0 Å². The van der Waals surface area contributed by atoms with Crippen molar-refractivity contribution in [3.05, 3.63) is 29.4 Å². The van der Waals surface area contributed by atoms with E-state index in [-0.39, 0.29) is 16.9 Å². The third-order valence-electron chi connectivity index (χ3n) is 2.32. The Hall–Kier alpha value is -1.39. The van der Waals surface area contributed by atoms with Gasteiger partial charge in [-0.2, -0.15) is 0 Å². The van der Waals surface area contributed by atoms with E-state index in [1.54, 1.807) is 0 Å². The van der Waals surface area contributed by atoms with Gasteiger partial charge >= 0.3 is 0 Å². The fourth-order valence-corrected chi connectivity index (χ4v) is 1.79. The smallest absolute Gasteiger partial charge is 0.225 e. The third kappa shape index (κ3) is 3.09. The molecule has 0 saturated heterocycles. The molecule has 0 aliphatic heterocycles. The molecular formula is C12H11Cl2N3O. The lowest BCUT2D eigenvalue weighted by atomic mass is 10.3. The molecule has 0 unspecified atom stereocenters. The van der Waals surface area contributed by atoms with Gasteiger partial charge in [0.2, 0.25) is 5.91 Å². The van der Waals surface area contributed by atoms with E-state index >= 15 is 0 Å². The Bertz CT molecular complexity index is 574. The van der Waals surface area contributed by atoms with Crippen LogP contribution in [0.1, 0.15) is 12.8 Å². The normalized spacial score (nSPS) is 10.6. The minimum absolute atomic E-state index is 0.165. The van der Waals surface area contributed by atoms with E-state index in [9.17, 15) is 4.79 Å². The van der Waals surface area contributed by atoms with Gasteiger partial charge in [-0.1, -0.05) is 23.7 Å². The lowest BCUT2D eigenvalue weighted by Crippen LogP contribution is -2.13. The van der Waals surface area contributed by atoms with Crippen LogP contribution in [0.5, 0.6) is 0 Å². The summed E-state index contributed by atoms with van der Waals surface area (Å²) in [4.78, 5) is 20.0. The molecular weight excluding hydrogens is 273 g/mol. The number of nitrogens with zero attached hydrogens (tertiary/aromatic N) is 2. The number of halogens is 2. The molecule has 0 bridgehead atoms. The Morgan fingerprint density at radius 3 is 2.56 bits per heavy atom. The van der Waals surface area contributed by atoms with Crippen molar-refractivity contribution in [1.29, 1.82) is 0 Å². The minimum Gasteiger partial charge on any atom is -0.308 e. The molecule has 1 N–H and O–H groups in total. The van der Waals surface area contributed by atoms with Crippen LogP contribution in [0.3, 0.4) is 0 Å². The Balaban J connectivity index is 2.22. The first-order valence-corrected chi connectivity index (χ1v) is 6.40. The number of fused-ring (bicyclic) bond motifs is 1. The number of carbonyl (C=O) groups excluding carboxylic acids is 1. The molecule has 0 aliphatic carbocycles. The molecule has 0 fully saturated rings. The highest BCUT2D eigenvalue weighted by Gasteiger charge is 2.09. The number of aromatic nitrogens is 2. The lowest BCUT2D eigenvalue weighted by molar-refractivity contribution is -0.116. The molecule has 1 heterocycles. The van der Waals surface area contributed by atoms with Gasteiger partial charge < -0.3 is 5.32 Å². The summed E-state index contributed by atoms with van der Waals surface area (Å²) in [6.07, 6.45) is 0.959.